The van der Waals surface area contributed by atoms with Crippen molar-refractivity contribution < 1.29 is 9.53 Å². The van der Waals surface area contributed by atoms with Crippen molar-refractivity contribution in [3.63, 3.8) is 0 Å². The third-order valence-corrected chi connectivity index (χ3v) is 6.95. The second-order valence-electron chi connectivity index (χ2n) is 9.12. The van der Waals surface area contributed by atoms with Gasteiger partial charge < -0.3 is 14.5 Å². The molecule has 190 valence electrons. The lowest BCUT2D eigenvalue weighted by atomic mass is 10.1. The van der Waals surface area contributed by atoms with Crippen LogP contribution in [0.15, 0.2) is 88.5 Å². The van der Waals surface area contributed by atoms with Gasteiger partial charge in [-0.15, -0.1) is 0 Å². The summed E-state index contributed by atoms with van der Waals surface area (Å²) in [5.74, 6) is 0.665. The number of methoxy groups -OCH3 is 1. The molecule has 1 saturated heterocycles. The van der Waals surface area contributed by atoms with Gasteiger partial charge in [-0.05, 0) is 36.2 Å². The van der Waals surface area contributed by atoms with Crippen LogP contribution in [0.1, 0.15) is 5.56 Å². The first-order chi connectivity index (χ1) is 18.1. The summed E-state index contributed by atoms with van der Waals surface area (Å²) in [7, 11) is 1.65. The Kier molecular flexibility index (Phi) is 7.07. The molecule has 0 unspecified atom stereocenters. The highest BCUT2D eigenvalue weighted by atomic mass is 16.5. The fraction of sp³-hybridized carbons (Fsp3) is 0.276. The van der Waals surface area contributed by atoms with Crippen molar-refractivity contribution in [1.82, 2.24) is 14.0 Å². The van der Waals surface area contributed by atoms with E-state index in [1.807, 2.05) is 54.6 Å². The summed E-state index contributed by atoms with van der Waals surface area (Å²) in [5.41, 5.74) is 1.74. The summed E-state index contributed by atoms with van der Waals surface area (Å²) >= 11 is 0. The number of anilines is 1. The normalized spacial score (nSPS) is 13.6. The molecule has 1 fully saturated rings. The highest BCUT2D eigenvalue weighted by molar-refractivity contribution is 5.82. The van der Waals surface area contributed by atoms with Gasteiger partial charge in [0.25, 0.3) is 5.56 Å². The number of para-hydroxylation sites is 3. The van der Waals surface area contributed by atoms with Crippen molar-refractivity contribution in [3.05, 3.63) is 105 Å². The molecule has 0 saturated carbocycles. The van der Waals surface area contributed by atoms with Crippen LogP contribution in [0.3, 0.4) is 0 Å². The molecule has 0 spiro atoms. The Hall–Kier alpha value is -4.33. The number of hydrogen-bond acceptors (Lipinski definition) is 5. The van der Waals surface area contributed by atoms with Crippen LogP contribution in [0.4, 0.5) is 5.69 Å². The van der Waals surface area contributed by atoms with Gasteiger partial charge in [-0.2, -0.15) is 0 Å². The molecule has 1 aromatic heterocycles. The van der Waals surface area contributed by atoms with Crippen LogP contribution < -0.4 is 20.9 Å². The molecule has 0 atom stereocenters. The number of carbonyl (C=O) groups excluding carboxylic acids is 1. The lowest BCUT2D eigenvalue weighted by Crippen LogP contribution is -2.51. The molecule has 37 heavy (non-hydrogen) atoms. The Bertz CT molecular complexity index is 1520. The zero-order valence-electron chi connectivity index (χ0n) is 20.9. The first-order valence-electron chi connectivity index (χ1n) is 12.5. The number of hydrogen-bond donors (Lipinski definition) is 0. The Labute approximate surface area is 214 Å². The van der Waals surface area contributed by atoms with Gasteiger partial charge >= 0.3 is 5.69 Å². The monoisotopic (exact) mass is 498 g/mol. The third kappa shape index (κ3) is 5.00. The van der Waals surface area contributed by atoms with E-state index in [9.17, 15) is 14.4 Å². The Balaban J connectivity index is 1.37. The SMILES string of the molecule is COc1ccccc1N1CCN(C(=O)Cn2c(=O)n(CCc3ccccc3)c(=O)c3ccccc32)CC1. The van der Waals surface area contributed by atoms with Gasteiger partial charge in [0, 0.05) is 32.7 Å². The van der Waals surface area contributed by atoms with Gasteiger partial charge in [0.1, 0.15) is 12.3 Å². The molecule has 3 aromatic carbocycles. The van der Waals surface area contributed by atoms with Crippen molar-refractivity contribution in [2.45, 2.75) is 19.5 Å². The first kappa shape index (κ1) is 24.4. The van der Waals surface area contributed by atoms with Crippen molar-refractivity contribution in [2.24, 2.45) is 0 Å². The molecule has 2 heterocycles. The van der Waals surface area contributed by atoms with Gasteiger partial charge in [0.2, 0.25) is 5.91 Å². The number of aryl methyl sites for hydroxylation is 1. The number of amides is 1. The maximum atomic E-state index is 13.5. The van der Waals surface area contributed by atoms with Gasteiger partial charge in [0.05, 0.1) is 23.7 Å². The lowest BCUT2D eigenvalue weighted by Gasteiger charge is -2.36. The van der Waals surface area contributed by atoms with Gasteiger partial charge in [-0.1, -0.05) is 54.6 Å². The Morgan fingerprint density at radius 3 is 2.24 bits per heavy atom. The van der Waals surface area contributed by atoms with Gasteiger partial charge in [0.15, 0.2) is 0 Å². The predicted molar refractivity (Wildman–Crippen MR) is 144 cm³/mol. The van der Waals surface area contributed by atoms with Gasteiger partial charge in [-0.3, -0.25) is 18.7 Å². The van der Waals surface area contributed by atoms with Crippen LogP contribution >= 0.6 is 0 Å². The summed E-state index contributed by atoms with van der Waals surface area (Å²) in [4.78, 5) is 44.0. The summed E-state index contributed by atoms with van der Waals surface area (Å²) in [6.07, 6.45) is 0.549. The number of nitrogens with zero attached hydrogens (tertiary/aromatic N) is 4. The van der Waals surface area contributed by atoms with E-state index in [1.54, 1.807) is 36.3 Å². The smallest absolute Gasteiger partial charge is 0.331 e. The molecule has 1 aliphatic heterocycles. The van der Waals surface area contributed by atoms with Crippen molar-refractivity contribution in [2.75, 3.05) is 38.2 Å². The molecular formula is C29H30N4O4. The van der Waals surface area contributed by atoms with Crippen molar-refractivity contribution >= 4 is 22.5 Å². The average molecular weight is 499 g/mol. The molecule has 0 bridgehead atoms. The molecule has 0 radical (unpaired) electrons. The second-order valence-corrected chi connectivity index (χ2v) is 9.12. The van der Waals surface area contributed by atoms with E-state index in [1.165, 1.54) is 9.13 Å². The molecular weight excluding hydrogens is 468 g/mol. The van der Waals surface area contributed by atoms with Crippen molar-refractivity contribution in [3.8, 4) is 5.75 Å². The highest BCUT2D eigenvalue weighted by Crippen LogP contribution is 2.28. The van der Waals surface area contributed by atoms with Crippen LogP contribution in [0.2, 0.25) is 0 Å². The minimum Gasteiger partial charge on any atom is -0.495 e. The Morgan fingerprint density at radius 2 is 1.49 bits per heavy atom. The van der Waals surface area contributed by atoms with Crippen LogP contribution in [0.25, 0.3) is 10.9 Å². The number of fused-ring (bicyclic) bond motifs is 1. The largest absolute Gasteiger partial charge is 0.495 e. The van der Waals surface area contributed by atoms with Crippen LogP contribution in [0.5, 0.6) is 5.75 Å². The number of carbonyl (C=O) groups is 1. The van der Waals surface area contributed by atoms with Gasteiger partial charge in [-0.25, -0.2) is 4.79 Å². The third-order valence-electron chi connectivity index (χ3n) is 6.95. The number of benzene rings is 3. The fourth-order valence-electron chi connectivity index (χ4n) is 4.93. The standard InChI is InChI=1S/C29H30N4O4/c1-37-26-14-8-7-13-25(26)30-17-19-31(20-18-30)27(34)21-33-24-12-6-5-11-23(24)28(35)32(29(33)36)16-15-22-9-3-2-4-10-22/h2-14H,15-21H2,1H3. The van der Waals surface area contributed by atoms with E-state index < -0.39 is 5.69 Å². The zero-order valence-corrected chi connectivity index (χ0v) is 20.9. The molecule has 8 heteroatoms. The molecule has 1 amide bonds. The van der Waals surface area contributed by atoms with E-state index in [4.69, 9.17) is 4.74 Å². The molecule has 5 rings (SSSR count). The molecule has 1 aliphatic rings. The minimum atomic E-state index is -0.458. The van der Waals surface area contributed by atoms with E-state index in [2.05, 4.69) is 4.90 Å². The highest BCUT2D eigenvalue weighted by Gasteiger charge is 2.24. The summed E-state index contributed by atoms with van der Waals surface area (Å²) in [6.45, 7) is 2.54. The van der Waals surface area contributed by atoms with Crippen molar-refractivity contribution in [1.29, 1.82) is 0 Å². The lowest BCUT2D eigenvalue weighted by molar-refractivity contribution is -0.132. The topological polar surface area (TPSA) is 76.8 Å². The number of piperazine rings is 1. The molecule has 4 aromatic rings. The summed E-state index contributed by atoms with van der Waals surface area (Å²) in [5, 5.41) is 0.434. The average Bonchev–Trinajstić information content (AvgIpc) is 2.95. The number of ether oxygens (including phenoxy) is 1. The maximum Gasteiger partial charge on any atom is 0.331 e. The van der Waals surface area contributed by atoms with E-state index in [0.717, 1.165) is 17.0 Å². The van der Waals surface area contributed by atoms with Crippen LogP contribution in [-0.2, 0) is 24.3 Å². The van der Waals surface area contributed by atoms with Crippen LogP contribution in [-0.4, -0.2) is 53.2 Å². The fourth-order valence-corrected chi connectivity index (χ4v) is 4.93. The first-order valence-corrected chi connectivity index (χ1v) is 12.5. The molecule has 8 nitrogen and oxygen atoms in total. The Morgan fingerprint density at radius 1 is 0.811 bits per heavy atom. The zero-order chi connectivity index (χ0) is 25.8. The predicted octanol–water partition coefficient (Wildman–Crippen LogP) is 2.76. The van der Waals surface area contributed by atoms with Crippen LogP contribution in [0, 0.1) is 0 Å². The van der Waals surface area contributed by atoms with E-state index in [0.29, 0.717) is 43.5 Å². The maximum absolute atomic E-state index is 13.5. The summed E-state index contributed by atoms with van der Waals surface area (Å²) in [6, 6.07) is 24.6. The van der Waals surface area contributed by atoms with E-state index in [-0.39, 0.29) is 24.6 Å². The summed E-state index contributed by atoms with van der Waals surface area (Å²) < 4.78 is 8.18. The molecule has 0 aliphatic carbocycles. The minimum absolute atomic E-state index is 0.111. The molecule has 0 N–H and O–H groups in total. The number of rotatable bonds is 7. The van der Waals surface area contributed by atoms with E-state index >= 15 is 0 Å². The number of aromatic nitrogens is 2. The quantitative estimate of drug-likeness (QED) is 0.392. The second kappa shape index (κ2) is 10.7.